The molecule has 0 aromatic carbocycles. The van der Waals surface area contributed by atoms with Crippen LogP contribution in [0.2, 0.25) is 0 Å². The summed E-state index contributed by atoms with van der Waals surface area (Å²) in [6, 6.07) is -13.8. The van der Waals surface area contributed by atoms with E-state index in [-0.39, 0.29) is 68.1 Å². The van der Waals surface area contributed by atoms with Gasteiger partial charge in [-0.3, -0.25) is 52.7 Å². The highest BCUT2D eigenvalue weighted by Crippen LogP contribution is 2.27. The number of aliphatic hydroxyl groups excluding tert-OH is 2. The van der Waals surface area contributed by atoms with Gasteiger partial charge in [0.25, 0.3) is 0 Å². The molecule has 1 heterocycles. The van der Waals surface area contributed by atoms with Crippen molar-refractivity contribution < 1.29 is 63.0 Å². The Morgan fingerprint density at radius 1 is 0.402 bits per heavy atom. The summed E-state index contributed by atoms with van der Waals surface area (Å²) < 4.78 is 0. The second kappa shape index (κ2) is 43.9. The van der Waals surface area contributed by atoms with Gasteiger partial charge in [-0.05, 0) is 112 Å². The van der Waals surface area contributed by atoms with Crippen molar-refractivity contribution in [3.63, 3.8) is 0 Å². The molecule has 11 amide bonds. The molecular weight excluding hydrogens is 1260 g/mol. The van der Waals surface area contributed by atoms with Gasteiger partial charge in [0.2, 0.25) is 65.0 Å². The summed E-state index contributed by atoms with van der Waals surface area (Å²) in [7, 11) is 10.1. The predicted octanol–water partition coefficient (Wildman–Crippen LogP) is 6.32. The van der Waals surface area contributed by atoms with E-state index in [9.17, 15) is 34.2 Å². The molecule has 1 aliphatic rings. The minimum atomic E-state index is -1.61. The number of unbranched alkanes of at least 4 members (excludes halogenated alkanes) is 7. The van der Waals surface area contributed by atoms with Crippen LogP contribution >= 0.6 is 11.8 Å². The van der Waals surface area contributed by atoms with Crippen LogP contribution in [0.25, 0.3) is 0 Å². The molecule has 0 radical (unpaired) electrons. The van der Waals surface area contributed by atoms with Crippen LogP contribution in [-0.2, 0) is 52.7 Å². The standard InChI is InChI=1S/C72H133N11O13S/c1-25-27-28-29-30-31-32-35-49(15)61(85)60-65(89)75-52(26-2)67(91)81(22)57(42-97-37-34-33-36-84)70(94)77(18)54(39-44(5)6)64(88)76-58(47(11)12)71(95)78(19)53(38-43(3)4)63(87)73-50(16)62(86)74-51(17)66(90)79(20)55(40-45(7)8)68(92)80(21)56(41-46(9)10)69(93)82(23)59(48(13)14)72(96)83(60)24/h43-61,84-85H,25-42H2,1-24H3,(H,73,87)(H,74,86)(H,75,89)(H,76,88)/t49-,50+,51-,52+,53+,54+,55+,56+,57-,58+,59+,60+,61-/m1/s1. The van der Waals surface area contributed by atoms with Gasteiger partial charge in [-0.2, -0.15) is 11.8 Å². The highest BCUT2D eigenvalue weighted by atomic mass is 32.2. The summed E-state index contributed by atoms with van der Waals surface area (Å²) in [5, 5.41) is 33.4. The molecule has 0 unspecified atom stereocenters. The number of carbonyl (C=O) groups is 11. The highest BCUT2D eigenvalue weighted by molar-refractivity contribution is 7.99. The average Bonchev–Trinajstić information content (AvgIpc) is 0.814. The zero-order chi connectivity index (χ0) is 74.6. The average molecular weight is 1390 g/mol. The Hall–Kier alpha value is -5.56. The van der Waals surface area contributed by atoms with Gasteiger partial charge >= 0.3 is 0 Å². The second-order valence-electron chi connectivity index (χ2n) is 29.9. The van der Waals surface area contributed by atoms with Crippen LogP contribution in [0, 0.1) is 41.4 Å². The number of nitrogens with zero attached hydrogens (tertiary/aromatic N) is 7. The van der Waals surface area contributed by atoms with Crippen molar-refractivity contribution in [2.24, 2.45) is 41.4 Å². The number of amides is 11. The first-order valence-electron chi connectivity index (χ1n) is 36.1. The molecule has 97 heavy (non-hydrogen) atoms. The van der Waals surface area contributed by atoms with Gasteiger partial charge in [0, 0.05) is 61.7 Å². The largest absolute Gasteiger partial charge is 0.396 e. The molecule has 0 aromatic rings. The topological polar surface area (TPSA) is 299 Å². The molecule has 1 aliphatic heterocycles. The van der Waals surface area contributed by atoms with Gasteiger partial charge < -0.3 is 65.8 Å². The maximum absolute atomic E-state index is 15.5. The minimum Gasteiger partial charge on any atom is -0.396 e. The number of likely N-dealkylation sites (N-methyl/N-ethyl adjacent to an activating group) is 7. The summed E-state index contributed by atoms with van der Waals surface area (Å²) in [4.78, 5) is 173. The number of aliphatic hydroxyl groups is 2. The van der Waals surface area contributed by atoms with Gasteiger partial charge in [0.05, 0.1) is 6.10 Å². The van der Waals surface area contributed by atoms with Crippen LogP contribution in [0.4, 0.5) is 0 Å². The molecule has 0 aliphatic carbocycles. The molecule has 0 spiro atoms. The molecule has 1 saturated heterocycles. The van der Waals surface area contributed by atoms with Crippen molar-refractivity contribution in [2.75, 3.05) is 67.4 Å². The lowest BCUT2D eigenvalue weighted by molar-refractivity contribution is -0.157. The zero-order valence-corrected chi connectivity index (χ0v) is 64.9. The van der Waals surface area contributed by atoms with E-state index in [2.05, 4.69) is 28.2 Å². The molecular formula is C72H133N11O13S. The van der Waals surface area contributed by atoms with Crippen LogP contribution < -0.4 is 21.3 Å². The first-order chi connectivity index (χ1) is 45.2. The number of hydrogen-bond donors (Lipinski definition) is 6. The highest BCUT2D eigenvalue weighted by Gasteiger charge is 2.46. The van der Waals surface area contributed by atoms with Gasteiger partial charge in [0.1, 0.15) is 66.5 Å². The normalized spacial score (nSPS) is 25.8. The van der Waals surface area contributed by atoms with Gasteiger partial charge in [-0.15, -0.1) is 0 Å². The van der Waals surface area contributed by atoms with E-state index in [1.165, 1.54) is 104 Å². The van der Waals surface area contributed by atoms with E-state index < -0.39 is 155 Å². The number of rotatable bonds is 27. The SMILES string of the molecule is CCCCCCCCC[C@@H](C)[C@@H](O)[C@H]1C(=O)N[C@@H](CC)C(=O)N(C)[C@H](CSCCCCO)C(=O)N(C)[C@@H](CC(C)C)C(=O)N[C@@H](C(C)C)C(=O)N(C)[C@@H](CC(C)C)C(=O)N[C@@H](C)C(=O)N[C@H](C)C(=O)N(C)[C@@H](CC(C)C)C(=O)N(C)[C@@H](CC(C)C)C(=O)N(C)[C@@H](C(C)C)C(=O)N1C. The third-order valence-corrected chi connectivity index (χ3v) is 20.0. The van der Waals surface area contributed by atoms with Crippen molar-refractivity contribution in [2.45, 2.75) is 287 Å². The van der Waals surface area contributed by atoms with Crippen molar-refractivity contribution >= 4 is 76.7 Å². The number of carbonyl (C=O) groups excluding carboxylic acids is 11. The first kappa shape index (κ1) is 89.5. The molecule has 0 saturated carbocycles. The second-order valence-corrected chi connectivity index (χ2v) is 31.1. The van der Waals surface area contributed by atoms with E-state index in [4.69, 9.17) is 0 Å². The van der Waals surface area contributed by atoms with Crippen LogP contribution in [-0.4, -0.2) is 250 Å². The number of hydrogen-bond acceptors (Lipinski definition) is 14. The van der Waals surface area contributed by atoms with Crippen LogP contribution in [0.3, 0.4) is 0 Å². The van der Waals surface area contributed by atoms with Crippen molar-refractivity contribution in [1.82, 2.24) is 55.6 Å². The lowest BCUT2D eigenvalue weighted by Crippen LogP contribution is -2.64. The molecule has 24 nitrogen and oxygen atoms in total. The van der Waals surface area contributed by atoms with Crippen molar-refractivity contribution in [3.8, 4) is 0 Å². The molecule has 560 valence electrons. The summed E-state index contributed by atoms with van der Waals surface area (Å²) >= 11 is 1.37. The summed E-state index contributed by atoms with van der Waals surface area (Å²) in [5.74, 6) is -9.15. The first-order valence-corrected chi connectivity index (χ1v) is 37.3. The van der Waals surface area contributed by atoms with E-state index in [1.807, 2.05) is 62.3 Å². The Kier molecular flexibility index (Phi) is 40.4. The zero-order valence-electron chi connectivity index (χ0n) is 64.1. The molecule has 1 fully saturated rings. The molecule has 6 N–H and O–H groups in total. The lowest BCUT2D eigenvalue weighted by Gasteiger charge is -2.41. The third kappa shape index (κ3) is 27.5. The molecule has 13 atom stereocenters. The summed E-state index contributed by atoms with van der Waals surface area (Å²) in [5.41, 5.74) is 0. The van der Waals surface area contributed by atoms with Gasteiger partial charge in [-0.25, -0.2) is 0 Å². The van der Waals surface area contributed by atoms with Gasteiger partial charge in [0.15, 0.2) is 0 Å². The summed E-state index contributed by atoms with van der Waals surface area (Å²) in [6.07, 6.45) is 7.71. The maximum Gasteiger partial charge on any atom is 0.246 e. The molecule has 0 aromatic heterocycles. The Balaban J connectivity index is 4.53. The lowest BCUT2D eigenvalue weighted by atomic mass is 9.90. The quantitative estimate of drug-likeness (QED) is 0.0491. The van der Waals surface area contributed by atoms with Crippen LogP contribution in [0.5, 0.6) is 0 Å². The van der Waals surface area contributed by atoms with E-state index in [0.29, 0.717) is 25.0 Å². The fourth-order valence-electron chi connectivity index (χ4n) is 12.6. The van der Waals surface area contributed by atoms with E-state index >= 15 is 28.8 Å². The Bertz CT molecular complexity index is 2520. The minimum absolute atomic E-state index is 0.00484. The Morgan fingerprint density at radius 3 is 1.29 bits per heavy atom. The monoisotopic (exact) mass is 1390 g/mol. The molecule has 25 heteroatoms. The molecule has 0 bridgehead atoms. The predicted molar refractivity (Wildman–Crippen MR) is 384 cm³/mol. The third-order valence-electron chi connectivity index (χ3n) is 18.9. The van der Waals surface area contributed by atoms with Crippen molar-refractivity contribution in [3.05, 3.63) is 0 Å². The number of nitrogens with one attached hydrogen (secondary N) is 4. The van der Waals surface area contributed by atoms with E-state index in [1.54, 1.807) is 34.6 Å². The van der Waals surface area contributed by atoms with Crippen LogP contribution in [0.1, 0.15) is 214 Å². The van der Waals surface area contributed by atoms with Crippen molar-refractivity contribution in [1.29, 1.82) is 0 Å². The molecule has 1 rings (SSSR count). The smallest absolute Gasteiger partial charge is 0.246 e. The van der Waals surface area contributed by atoms with Gasteiger partial charge in [-0.1, -0.05) is 149 Å². The summed E-state index contributed by atoms with van der Waals surface area (Å²) in [6.45, 7) is 30.5. The fourth-order valence-corrected chi connectivity index (χ4v) is 13.8. The fraction of sp³-hybridized carbons (Fsp3) is 0.847. The van der Waals surface area contributed by atoms with E-state index in [0.717, 1.165) is 49.8 Å². The van der Waals surface area contributed by atoms with Crippen LogP contribution in [0.15, 0.2) is 0 Å². The Morgan fingerprint density at radius 2 is 0.814 bits per heavy atom. The maximum atomic E-state index is 15.5. The number of thioether (sulfide) groups is 1. The Labute approximate surface area is 588 Å².